The summed E-state index contributed by atoms with van der Waals surface area (Å²) >= 11 is 0. The van der Waals surface area contributed by atoms with Crippen molar-refractivity contribution in [3.8, 4) is 0 Å². The highest BCUT2D eigenvalue weighted by atomic mass is 16.3. The van der Waals surface area contributed by atoms with Gasteiger partial charge in [-0.15, -0.1) is 0 Å². The maximum Gasteiger partial charge on any atom is 0.239 e. The number of fused-ring (bicyclic) bond motifs is 1. The van der Waals surface area contributed by atoms with E-state index in [-0.39, 0.29) is 22.6 Å². The van der Waals surface area contributed by atoms with E-state index in [4.69, 9.17) is 5.41 Å². The largest absolute Gasteiger partial charge is 0.506 e. The fourth-order valence-electron chi connectivity index (χ4n) is 2.46. The number of hydrogen-bond donors (Lipinski definition) is 2. The van der Waals surface area contributed by atoms with E-state index in [0.29, 0.717) is 11.1 Å². The number of hydrogen-bond acceptors (Lipinski definition) is 4. The molecule has 108 valence electrons. The number of aryl methyl sites for hydroxylation is 1. The van der Waals surface area contributed by atoms with E-state index in [0.717, 1.165) is 5.56 Å². The van der Waals surface area contributed by atoms with Gasteiger partial charge in [0.25, 0.3) is 0 Å². The predicted molar refractivity (Wildman–Crippen MR) is 83.3 cm³/mol. The van der Waals surface area contributed by atoms with E-state index in [1.54, 1.807) is 30.3 Å². The first kappa shape index (κ1) is 13.9. The Morgan fingerprint density at radius 2 is 1.50 bits per heavy atom. The highest BCUT2D eigenvalue weighted by Crippen LogP contribution is 2.29. The van der Waals surface area contributed by atoms with Crippen molar-refractivity contribution in [2.75, 3.05) is 0 Å². The maximum atomic E-state index is 12.3. The van der Waals surface area contributed by atoms with Crippen molar-refractivity contribution in [3.63, 3.8) is 0 Å². The van der Waals surface area contributed by atoms with Crippen LogP contribution < -0.4 is 0 Å². The number of ketones is 2. The molecule has 0 heterocycles. The number of benzene rings is 2. The Morgan fingerprint density at radius 3 is 2.14 bits per heavy atom. The lowest BCUT2D eigenvalue weighted by Crippen LogP contribution is -2.28. The number of rotatable bonds is 2. The number of nitrogens with one attached hydrogen (secondary N) is 1. The van der Waals surface area contributed by atoms with Crippen LogP contribution in [0.2, 0.25) is 0 Å². The molecule has 4 heteroatoms. The SMILES string of the molecule is Cc1ccc(C(=N)C2=C(O)c3ccccc3C(=O)C2=O)cc1. The normalized spacial score (nSPS) is 14.0. The van der Waals surface area contributed by atoms with Crippen LogP contribution in [0.25, 0.3) is 5.76 Å². The Morgan fingerprint density at radius 1 is 0.909 bits per heavy atom. The van der Waals surface area contributed by atoms with Crippen LogP contribution in [0, 0.1) is 12.3 Å². The molecule has 0 amide bonds. The van der Waals surface area contributed by atoms with Gasteiger partial charge < -0.3 is 5.11 Å². The zero-order valence-corrected chi connectivity index (χ0v) is 11.9. The van der Waals surface area contributed by atoms with E-state index < -0.39 is 11.6 Å². The zero-order valence-electron chi connectivity index (χ0n) is 11.9. The molecule has 0 radical (unpaired) electrons. The maximum absolute atomic E-state index is 12.3. The van der Waals surface area contributed by atoms with Crippen LogP contribution in [0.5, 0.6) is 0 Å². The first-order valence-electron chi connectivity index (χ1n) is 6.78. The first-order valence-corrected chi connectivity index (χ1v) is 6.78. The molecular weight excluding hydrogens is 278 g/mol. The van der Waals surface area contributed by atoms with E-state index in [9.17, 15) is 14.7 Å². The van der Waals surface area contributed by atoms with E-state index in [1.165, 1.54) is 6.07 Å². The van der Waals surface area contributed by atoms with Crippen molar-refractivity contribution in [2.24, 2.45) is 0 Å². The summed E-state index contributed by atoms with van der Waals surface area (Å²) in [6.07, 6.45) is 0. The van der Waals surface area contributed by atoms with Gasteiger partial charge in [-0.05, 0) is 6.92 Å². The molecular formula is C18H13NO3. The molecule has 1 aliphatic carbocycles. The minimum absolute atomic E-state index is 0.148. The Hall–Kier alpha value is -3.01. The zero-order chi connectivity index (χ0) is 15.9. The topological polar surface area (TPSA) is 78.2 Å². The molecule has 3 rings (SSSR count). The molecule has 1 aliphatic rings. The number of Topliss-reactive ketones (excluding diaryl/α,β-unsaturated/α-hetero) is 2. The fourth-order valence-corrected chi connectivity index (χ4v) is 2.46. The summed E-state index contributed by atoms with van der Waals surface area (Å²) in [5, 5.41) is 18.6. The molecule has 0 bridgehead atoms. The summed E-state index contributed by atoms with van der Waals surface area (Å²) in [6.45, 7) is 1.91. The van der Waals surface area contributed by atoms with Crippen molar-refractivity contribution >= 4 is 23.0 Å². The van der Waals surface area contributed by atoms with Crippen LogP contribution in [0.4, 0.5) is 0 Å². The molecule has 2 aromatic carbocycles. The third-order valence-electron chi connectivity index (χ3n) is 3.69. The second kappa shape index (κ2) is 5.07. The van der Waals surface area contributed by atoms with Crippen LogP contribution >= 0.6 is 0 Å². The predicted octanol–water partition coefficient (Wildman–Crippen LogP) is 3.10. The summed E-state index contributed by atoms with van der Waals surface area (Å²) in [4.78, 5) is 24.4. The lowest BCUT2D eigenvalue weighted by atomic mass is 9.84. The molecule has 2 aromatic rings. The molecule has 0 aliphatic heterocycles. The highest BCUT2D eigenvalue weighted by molar-refractivity contribution is 6.58. The third kappa shape index (κ3) is 2.05. The van der Waals surface area contributed by atoms with Crippen molar-refractivity contribution < 1.29 is 14.7 Å². The Labute approximate surface area is 127 Å². The summed E-state index contributed by atoms with van der Waals surface area (Å²) < 4.78 is 0. The number of aliphatic hydroxyl groups is 1. The average molecular weight is 291 g/mol. The summed E-state index contributed by atoms with van der Waals surface area (Å²) in [6, 6.07) is 13.4. The minimum Gasteiger partial charge on any atom is -0.506 e. The molecule has 22 heavy (non-hydrogen) atoms. The number of carbonyl (C=O) groups excluding carboxylic acids is 2. The minimum atomic E-state index is -0.846. The smallest absolute Gasteiger partial charge is 0.239 e. The van der Waals surface area contributed by atoms with Crippen LogP contribution in [0.15, 0.2) is 54.1 Å². The van der Waals surface area contributed by atoms with Gasteiger partial charge in [-0.2, -0.15) is 0 Å². The summed E-state index contributed by atoms with van der Waals surface area (Å²) in [5.41, 5.74) is 1.57. The Kier molecular flexibility index (Phi) is 3.22. The van der Waals surface area contributed by atoms with Crippen molar-refractivity contribution in [1.29, 1.82) is 5.41 Å². The van der Waals surface area contributed by atoms with Gasteiger partial charge in [0.2, 0.25) is 11.6 Å². The fraction of sp³-hybridized carbons (Fsp3) is 0.0556. The number of aliphatic hydroxyl groups excluding tert-OH is 1. The van der Waals surface area contributed by atoms with Crippen molar-refractivity contribution in [1.82, 2.24) is 0 Å². The molecule has 4 nitrogen and oxygen atoms in total. The van der Waals surface area contributed by atoms with Crippen molar-refractivity contribution in [2.45, 2.75) is 6.92 Å². The molecule has 0 saturated carbocycles. The molecule has 2 N–H and O–H groups in total. The van der Waals surface area contributed by atoms with Gasteiger partial charge in [0.05, 0.1) is 11.3 Å². The molecule has 0 saturated heterocycles. The van der Waals surface area contributed by atoms with Gasteiger partial charge in [-0.25, -0.2) is 0 Å². The van der Waals surface area contributed by atoms with Crippen LogP contribution in [0.1, 0.15) is 27.0 Å². The molecule has 0 spiro atoms. The van der Waals surface area contributed by atoms with Gasteiger partial charge in [-0.3, -0.25) is 15.0 Å². The van der Waals surface area contributed by atoms with E-state index in [2.05, 4.69) is 0 Å². The van der Waals surface area contributed by atoms with Gasteiger partial charge in [0.15, 0.2) is 0 Å². The van der Waals surface area contributed by atoms with Crippen LogP contribution in [0.3, 0.4) is 0 Å². The van der Waals surface area contributed by atoms with Gasteiger partial charge in [0, 0.05) is 16.7 Å². The Balaban J connectivity index is 2.17. The molecule has 0 atom stereocenters. The standard InChI is InChI=1S/C18H13NO3/c1-10-6-8-11(9-7-10)15(19)14-16(20)12-4-2-3-5-13(12)17(21)18(14)22/h2-9,19-20H,1H3. The van der Waals surface area contributed by atoms with Gasteiger partial charge >= 0.3 is 0 Å². The van der Waals surface area contributed by atoms with Crippen LogP contribution in [-0.2, 0) is 4.79 Å². The number of carbonyl (C=O) groups is 2. The van der Waals surface area contributed by atoms with Crippen molar-refractivity contribution in [3.05, 3.63) is 76.4 Å². The monoisotopic (exact) mass is 291 g/mol. The lowest BCUT2D eigenvalue weighted by molar-refractivity contribution is -0.111. The Bertz CT molecular complexity index is 845. The average Bonchev–Trinajstić information content (AvgIpc) is 2.53. The summed E-state index contributed by atoms with van der Waals surface area (Å²) in [5.74, 6) is -1.85. The summed E-state index contributed by atoms with van der Waals surface area (Å²) in [7, 11) is 0. The third-order valence-corrected chi connectivity index (χ3v) is 3.69. The van der Waals surface area contributed by atoms with Gasteiger partial charge in [0.1, 0.15) is 5.76 Å². The second-order valence-electron chi connectivity index (χ2n) is 5.17. The van der Waals surface area contributed by atoms with E-state index in [1.807, 2.05) is 19.1 Å². The highest BCUT2D eigenvalue weighted by Gasteiger charge is 2.35. The first-order chi connectivity index (χ1) is 10.5. The second-order valence-corrected chi connectivity index (χ2v) is 5.17. The quantitative estimate of drug-likeness (QED) is 0.659. The number of allylic oxidation sites excluding steroid dienone is 1. The van der Waals surface area contributed by atoms with Crippen LogP contribution in [-0.4, -0.2) is 22.4 Å². The molecule has 0 unspecified atom stereocenters. The molecule has 0 fully saturated rings. The van der Waals surface area contributed by atoms with E-state index >= 15 is 0 Å². The molecule has 0 aromatic heterocycles. The van der Waals surface area contributed by atoms with Gasteiger partial charge in [-0.1, -0.05) is 54.1 Å². The lowest BCUT2D eigenvalue weighted by Gasteiger charge is -2.18.